The van der Waals surface area contributed by atoms with E-state index in [9.17, 15) is 9.59 Å². The number of amides is 2. The number of carbonyl (C=O) groups is 2. The Hall–Kier alpha value is -1.86. The molecular weight excluding hydrogens is 399 g/mol. The molecule has 2 amide bonds. The number of thioether (sulfide) groups is 1. The summed E-state index contributed by atoms with van der Waals surface area (Å²) in [6.45, 7) is 0. The minimum absolute atomic E-state index is 0.251. The Bertz CT molecular complexity index is 898. The third kappa shape index (κ3) is 4.22. The van der Waals surface area contributed by atoms with Crippen LogP contribution in [0.1, 0.15) is 15.9 Å². The van der Waals surface area contributed by atoms with E-state index in [-0.39, 0.29) is 10.2 Å². The molecule has 0 spiro atoms. The van der Waals surface area contributed by atoms with E-state index in [1.165, 1.54) is 6.07 Å². The number of hydrazine groups is 1. The van der Waals surface area contributed by atoms with Gasteiger partial charge in [-0.05, 0) is 54.2 Å². The predicted molar refractivity (Wildman–Crippen MR) is 105 cm³/mol. The first-order valence-electron chi connectivity index (χ1n) is 7.04. The largest absolute Gasteiger partial charge is 0.285 e. The van der Waals surface area contributed by atoms with Gasteiger partial charge in [-0.1, -0.05) is 53.2 Å². The molecule has 0 atom stereocenters. The van der Waals surface area contributed by atoms with Gasteiger partial charge in [0.2, 0.25) is 0 Å². The van der Waals surface area contributed by atoms with E-state index in [0.717, 1.165) is 22.3 Å². The van der Waals surface area contributed by atoms with E-state index in [1.807, 2.05) is 0 Å². The second-order valence-electron chi connectivity index (χ2n) is 5.02. The summed E-state index contributed by atoms with van der Waals surface area (Å²) < 4.78 is 0.251. The summed E-state index contributed by atoms with van der Waals surface area (Å²) in [6, 6.07) is 13.5. The Kier molecular flexibility index (Phi) is 5.44. The smallest absolute Gasteiger partial charge is 0.267 e. The molecule has 1 fully saturated rings. The first-order chi connectivity index (χ1) is 11.9. The van der Waals surface area contributed by atoms with Crippen LogP contribution in [0, 0.1) is 0 Å². The molecule has 0 bridgehead atoms. The van der Waals surface area contributed by atoms with Crippen LogP contribution in [0.5, 0.6) is 0 Å². The Balaban J connectivity index is 1.77. The van der Waals surface area contributed by atoms with E-state index in [1.54, 1.807) is 48.5 Å². The number of hydrogen-bond donors (Lipinski definition) is 1. The number of nitrogens with one attached hydrogen (secondary N) is 1. The third-order valence-corrected chi connectivity index (χ3v) is 5.05. The Labute approximate surface area is 163 Å². The molecule has 2 aromatic carbocycles. The summed E-state index contributed by atoms with van der Waals surface area (Å²) >= 11 is 18.0. The summed E-state index contributed by atoms with van der Waals surface area (Å²) in [6.07, 6.45) is 1.70. The zero-order valence-corrected chi connectivity index (χ0v) is 15.7. The van der Waals surface area contributed by atoms with Gasteiger partial charge in [0, 0.05) is 15.6 Å². The normalized spacial score (nSPS) is 15.8. The fourth-order valence-corrected chi connectivity index (χ4v) is 3.57. The first kappa shape index (κ1) is 17.9. The van der Waals surface area contributed by atoms with Crippen molar-refractivity contribution in [3.63, 3.8) is 0 Å². The number of benzene rings is 2. The fourth-order valence-electron chi connectivity index (χ4n) is 2.07. The van der Waals surface area contributed by atoms with Crippen LogP contribution in [0.15, 0.2) is 53.4 Å². The molecule has 0 aromatic heterocycles. The number of hydrogen-bond acceptors (Lipinski definition) is 4. The van der Waals surface area contributed by atoms with Gasteiger partial charge < -0.3 is 0 Å². The standard InChI is InChI=1S/C17H10Cl2N2O2S2/c18-12-6-4-10(5-7-12)8-14-16(23)21(17(24)25-14)20-15(22)11-2-1-3-13(19)9-11/h1-9H,(H,20,22)/b14-8-. The Morgan fingerprint density at radius 3 is 2.52 bits per heavy atom. The predicted octanol–water partition coefficient (Wildman–Crippen LogP) is 4.54. The lowest BCUT2D eigenvalue weighted by atomic mass is 10.2. The molecular formula is C17H10Cl2N2O2S2. The van der Waals surface area contributed by atoms with E-state index in [0.29, 0.717) is 20.5 Å². The molecule has 0 unspecified atom stereocenters. The number of carbonyl (C=O) groups excluding carboxylic acids is 2. The summed E-state index contributed by atoms with van der Waals surface area (Å²) in [5, 5.41) is 2.10. The van der Waals surface area contributed by atoms with Gasteiger partial charge in [0.05, 0.1) is 4.91 Å². The average Bonchev–Trinajstić information content (AvgIpc) is 2.84. The van der Waals surface area contributed by atoms with Crippen molar-refractivity contribution in [3.05, 3.63) is 74.6 Å². The molecule has 0 aliphatic carbocycles. The van der Waals surface area contributed by atoms with E-state index < -0.39 is 5.91 Å². The highest BCUT2D eigenvalue weighted by Crippen LogP contribution is 2.31. The van der Waals surface area contributed by atoms with Crippen molar-refractivity contribution >= 4 is 69.4 Å². The quantitative estimate of drug-likeness (QED) is 0.598. The molecule has 126 valence electrons. The molecule has 4 nitrogen and oxygen atoms in total. The molecule has 0 saturated carbocycles. The zero-order chi connectivity index (χ0) is 18.0. The van der Waals surface area contributed by atoms with Crippen LogP contribution in [0.3, 0.4) is 0 Å². The van der Waals surface area contributed by atoms with Crippen molar-refractivity contribution in [1.29, 1.82) is 0 Å². The van der Waals surface area contributed by atoms with Crippen LogP contribution in [0.2, 0.25) is 10.0 Å². The summed E-state index contributed by atoms with van der Waals surface area (Å²) in [4.78, 5) is 25.2. The lowest BCUT2D eigenvalue weighted by Gasteiger charge is -2.15. The molecule has 1 aliphatic rings. The maximum Gasteiger partial charge on any atom is 0.285 e. The number of rotatable bonds is 3. The zero-order valence-electron chi connectivity index (χ0n) is 12.5. The van der Waals surface area contributed by atoms with Gasteiger partial charge in [0.1, 0.15) is 0 Å². The Morgan fingerprint density at radius 2 is 1.84 bits per heavy atom. The van der Waals surface area contributed by atoms with Crippen LogP contribution in [0.25, 0.3) is 6.08 Å². The van der Waals surface area contributed by atoms with Crippen LogP contribution in [-0.4, -0.2) is 21.1 Å². The van der Waals surface area contributed by atoms with Crippen molar-refractivity contribution in [1.82, 2.24) is 10.4 Å². The molecule has 0 radical (unpaired) electrons. The average molecular weight is 409 g/mol. The van der Waals surface area contributed by atoms with Crippen LogP contribution >= 0.6 is 47.2 Å². The van der Waals surface area contributed by atoms with Gasteiger partial charge in [0.15, 0.2) is 4.32 Å². The van der Waals surface area contributed by atoms with Crippen molar-refractivity contribution < 1.29 is 9.59 Å². The summed E-state index contributed by atoms with van der Waals surface area (Å²) in [7, 11) is 0. The summed E-state index contributed by atoms with van der Waals surface area (Å²) in [5.41, 5.74) is 3.66. The summed E-state index contributed by atoms with van der Waals surface area (Å²) in [5.74, 6) is -0.855. The lowest BCUT2D eigenvalue weighted by Crippen LogP contribution is -2.44. The van der Waals surface area contributed by atoms with E-state index in [2.05, 4.69) is 5.43 Å². The topological polar surface area (TPSA) is 49.4 Å². The van der Waals surface area contributed by atoms with Crippen LogP contribution < -0.4 is 5.43 Å². The molecule has 25 heavy (non-hydrogen) atoms. The second-order valence-corrected chi connectivity index (χ2v) is 7.57. The third-order valence-electron chi connectivity index (χ3n) is 3.26. The molecule has 8 heteroatoms. The van der Waals surface area contributed by atoms with E-state index >= 15 is 0 Å². The van der Waals surface area contributed by atoms with Gasteiger partial charge in [0.25, 0.3) is 11.8 Å². The molecule has 1 saturated heterocycles. The first-order valence-corrected chi connectivity index (χ1v) is 9.02. The number of thiocarbonyl (C=S) groups is 1. The van der Waals surface area contributed by atoms with Gasteiger partial charge in [-0.25, -0.2) is 0 Å². The number of nitrogens with zero attached hydrogens (tertiary/aromatic N) is 1. The van der Waals surface area contributed by atoms with Crippen molar-refractivity contribution in [3.8, 4) is 0 Å². The molecule has 2 aromatic rings. The monoisotopic (exact) mass is 408 g/mol. The second kappa shape index (κ2) is 7.58. The van der Waals surface area contributed by atoms with Gasteiger partial charge in [-0.15, -0.1) is 0 Å². The highest BCUT2D eigenvalue weighted by atomic mass is 35.5. The van der Waals surface area contributed by atoms with Crippen molar-refractivity contribution in [2.45, 2.75) is 0 Å². The highest BCUT2D eigenvalue weighted by Gasteiger charge is 2.33. The van der Waals surface area contributed by atoms with Crippen molar-refractivity contribution in [2.24, 2.45) is 0 Å². The molecule has 1 N–H and O–H groups in total. The van der Waals surface area contributed by atoms with Crippen LogP contribution in [-0.2, 0) is 4.79 Å². The minimum Gasteiger partial charge on any atom is -0.267 e. The van der Waals surface area contributed by atoms with Gasteiger partial charge in [-0.2, -0.15) is 5.01 Å². The maximum absolute atomic E-state index is 12.5. The van der Waals surface area contributed by atoms with Crippen LogP contribution in [0.4, 0.5) is 0 Å². The van der Waals surface area contributed by atoms with Gasteiger partial charge >= 0.3 is 0 Å². The SMILES string of the molecule is O=C(NN1C(=O)/C(=C/c2ccc(Cl)cc2)SC1=S)c1cccc(Cl)c1. The van der Waals surface area contributed by atoms with Crippen molar-refractivity contribution in [2.75, 3.05) is 0 Å². The van der Waals surface area contributed by atoms with E-state index in [4.69, 9.17) is 35.4 Å². The minimum atomic E-state index is -0.466. The fraction of sp³-hybridized carbons (Fsp3) is 0. The maximum atomic E-state index is 12.5. The molecule has 3 rings (SSSR count). The lowest BCUT2D eigenvalue weighted by molar-refractivity contribution is -0.123. The highest BCUT2D eigenvalue weighted by molar-refractivity contribution is 8.26. The number of halogens is 2. The molecule has 1 aliphatic heterocycles. The van der Waals surface area contributed by atoms with Gasteiger partial charge in [-0.3, -0.25) is 15.0 Å². The molecule has 1 heterocycles. The Morgan fingerprint density at radius 1 is 1.12 bits per heavy atom.